The van der Waals surface area contributed by atoms with Crippen molar-refractivity contribution in [3.05, 3.63) is 47.5 Å². The van der Waals surface area contributed by atoms with Gasteiger partial charge in [-0.1, -0.05) is 70.5 Å². The number of carbonyl (C=O) groups is 3. The molecule has 0 saturated carbocycles. The third kappa shape index (κ3) is 8.90. The van der Waals surface area contributed by atoms with Gasteiger partial charge in [0.15, 0.2) is 0 Å². The molecule has 8 heteroatoms. The first-order chi connectivity index (χ1) is 18.4. The molecule has 1 aliphatic rings. The van der Waals surface area contributed by atoms with Crippen LogP contribution in [0.25, 0.3) is 0 Å². The third-order valence-electron chi connectivity index (χ3n) is 7.69. The third-order valence-corrected chi connectivity index (χ3v) is 7.69. The Bertz CT molecular complexity index is 976. The van der Waals surface area contributed by atoms with E-state index in [1.54, 1.807) is 24.9 Å². The lowest BCUT2D eigenvalue weighted by molar-refractivity contribution is -0.140. The van der Waals surface area contributed by atoms with Crippen LogP contribution in [0.1, 0.15) is 79.3 Å². The van der Waals surface area contributed by atoms with Crippen LogP contribution in [0.15, 0.2) is 42.0 Å². The molecule has 0 spiro atoms. The molecule has 4 atom stereocenters. The van der Waals surface area contributed by atoms with E-state index in [1.807, 2.05) is 58.0 Å². The first-order valence-corrected chi connectivity index (χ1v) is 14.4. The van der Waals surface area contributed by atoms with Gasteiger partial charge in [-0.05, 0) is 57.6 Å². The number of benzene rings is 1. The summed E-state index contributed by atoms with van der Waals surface area (Å²) in [6.45, 7) is 14.5. The number of hydrogen-bond acceptors (Lipinski definition) is 5. The van der Waals surface area contributed by atoms with Crippen molar-refractivity contribution in [2.24, 2.45) is 11.8 Å². The summed E-state index contributed by atoms with van der Waals surface area (Å²) in [7, 11) is 1.73. The number of hydrogen-bond donors (Lipinski definition) is 3. The number of aliphatic hydroxyl groups is 1. The Labute approximate surface area is 235 Å². The van der Waals surface area contributed by atoms with E-state index in [-0.39, 0.29) is 54.3 Å². The molecule has 1 unspecified atom stereocenters. The summed E-state index contributed by atoms with van der Waals surface area (Å²) in [6, 6.07) is 7.81. The second kappa shape index (κ2) is 15.2. The van der Waals surface area contributed by atoms with Crippen LogP contribution in [-0.2, 0) is 14.4 Å². The fourth-order valence-electron chi connectivity index (χ4n) is 5.26. The van der Waals surface area contributed by atoms with Crippen LogP contribution in [0.4, 0.5) is 0 Å². The maximum Gasteiger partial charge on any atom is 0.247 e. The van der Waals surface area contributed by atoms with Gasteiger partial charge < -0.3 is 20.6 Å². The molecule has 1 aliphatic heterocycles. The number of piperidine rings is 1. The highest BCUT2D eigenvalue weighted by Crippen LogP contribution is 2.22. The number of likely N-dealkylation sites (tertiary alicyclic amines) is 1. The SMILES string of the molecule is CC(=C[C@H](C(C)C)N(C)C(=O)[C@@H](NC(=O)C1CCCCN1C(C)C)C(C)C)C(=O)N[C@H](CO)c1ccccc1. The highest BCUT2D eigenvalue weighted by Gasteiger charge is 2.36. The number of carbonyl (C=O) groups excluding carboxylic acids is 3. The number of nitrogens with one attached hydrogen (secondary N) is 2. The van der Waals surface area contributed by atoms with Gasteiger partial charge in [-0.3, -0.25) is 19.3 Å². The van der Waals surface area contributed by atoms with Crippen molar-refractivity contribution < 1.29 is 19.5 Å². The van der Waals surface area contributed by atoms with Crippen molar-refractivity contribution in [1.82, 2.24) is 20.4 Å². The fourth-order valence-corrected chi connectivity index (χ4v) is 5.26. The number of amides is 3. The highest BCUT2D eigenvalue weighted by molar-refractivity contribution is 5.93. The normalized spacial score (nSPS) is 19.1. The van der Waals surface area contributed by atoms with E-state index in [4.69, 9.17) is 0 Å². The lowest BCUT2D eigenvalue weighted by Gasteiger charge is -2.39. The molecule has 3 N–H and O–H groups in total. The average molecular weight is 543 g/mol. The minimum atomic E-state index is -0.668. The van der Waals surface area contributed by atoms with Gasteiger partial charge in [-0.15, -0.1) is 0 Å². The van der Waals surface area contributed by atoms with Crippen molar-refractivity contribution in [1.29, 1.82) is 0 Å². The van der Waals surface area contributed by atoms with Gasteiger partial charge in [0.05, 0.1) is 24.7 Å². The number of nitrogens with zero attached hydrogens (tertiary/aromatic N) is 2. The van der Waals surface area contributed by atoms with Crippen LogP contribution in [0.2, 0.25) is 0 Å². The number of likely N-dealkylation sites (N-methyl/N-ethyl adjacent to an activating group) is 1. The minimum absolute atomic E-state index is 0.0303. The summed E-state index contributed by atoms with van der Waals surface area (Å²) >= 11 is 0. The Balaban J connectivity index is 2.18. The van der Waals surface area contributed by atoms with Gasteiger partial charge in [0.25, 0.3) is 0 Å². The summed E-state index contributed by atoms with van der Waals surface area (Å²) in [5.41, 5.74) is 1.28. The molecule has 0 radical (unpaired) electrons. The smallest absolute Gasteiger partial charge is 0.247 e. The van der Waals surface area contributed by atoms with Gasteiger partial charge >= 0.3 is 0 Å². The Kier molecular flexibility index (Phi) is 12.6. The molecule has 1 aromatic carbocycles. The second-order valence-corrected chi connectivity index (χ2v) is 11.7. The molecule has 1 aromatic rings. The first kappa shape index (κ1) is 32.5. The van der Waals surface area contributed by atoms with Gasteiger partial charge in [0.2, 0.25) is 17.7 Å². The van der Waals surface area contributed by atoms with Gasteiger partial charge in [-0.2, -0.15) is 0 Å². The molecular weight excluding hydrogens is 492 g/mol. The highest BCUT2D eigenvalue weighted by atomic mass is 16.3. The molecule has 3 amide bonds. The van der Waals surface area contributed by atoms with E-state index in [9.17, 15) is 19.5 Å². The van der Waals surface area contributed by atoms with Crippen molar-refractivity contribution >= 4 is 17.7 Å². The number of rotatable bonds is 12. The average Bonchev–Trinajstić information content (AvgIpc) is 2.92. The lowest BCUT2D eigenvalue weighted by Crippen LogP contribution is -2.58. The van der Waals surface area contributed by atoms with Crippen LogP contribution in [0.5, 0.6) is 0 Å². The summed E-state index contributed by atoms with van der Waals surface area (Å²) in [5.74, 6) is -0.637. The van der Waals surface area contributed by atoms with Gasteiger partial charge in [0, 0.05) is 18.7 Å². The maximum atomic E-state index is 13.8. The number of aliphatic hydroxyl groups excluding tert-OH is 1. The molecule has 1 saturated heterocycles. The monoisotopic (exact) mass is 542 g/mol. The van der Waals surface area contributed by atoms with Crippen molar-refractivity contribution in [2.45, 2.75) is 97.9 Å². The molecule has 0 bridgehead atoms. The zero-order valence-corrected chi connectivity index (χ0v) is 25.1. The van der Waals surface area contributed by atoms with E-state index in [0.29, 0.717) is 5.57 Å². The van der Waals surface area contributed by atoms with E-state index < -0.39 is 12.1 Å². The summed E-state index contributed by atoms with van der Waals surface area (Å²) < 4.78 is 0. The predicted molar refractivity (Wildman–Crippen MR) is 156 cm³/mol. The molecule has 1 fully saturated rings. The van der Waals surface area contributed by atoms with Crippen LogP contribution >= 0.6 is 0 Å². The molecule has 8 nitrogen and oxygen atoms in total. The first-order valence-electron chi connectivity index (χ1n) is 14.4. The molecule has 0 aliphatic carbocycles. The van der Waals surface area contributed by atoms with Crippen molar-refractivity contribution in [3.8, 4) is 0 Å². The van der Waals surface area contributed by atoms with Crippen LogP contribution in [0.3, 0.4) is 0 Å². The zero-order chi connectivity index (χ0) is 29.3. The zero-order valence-electron chi connectivity index (χ0n) is 25.1. The quantitative estimate of drug-likeness (QED) is 0.350. The molecule has 39 heavy (non-hydrogen) atoms. The largest absolute Gasteiger partial charge is 0.394 e. The maximum absolute atomic E-state index is 13.8. The standard InChI is InChI=1S/C31H50N4O4/c1-20(2)27(18-23(7)29(37)32-25(19-36)24-14-10-9-11-15-24)34(8)31(39)28(21(3)4)33-30(38)26-16-12-13-17-35(26)22(5)6/h9-11,14-15,18,20-22,25-28,36H,12-13,16-17,19H2,1-8H3,(H,32,37)(H,33,38)/t25-,26?,27-,28+/m1/s1. The molecule has 0 aromatic heterocycles. The Morgan fingerprint density at radius 3 is 2.21 bits per heavy atom. The predicted octanol–water partition coefficient (Wildman–Crippen LogP) is 3.67. The summed E-state index contributed by atoms with van der Waals surface area (Å²) in [6.07, 6.45) is 4.68. The van der Waals surface area contributed by atoms with E-state index in [2.05, 4.69) is 29.4 Å². The van der Waals surface area contributed by atoms with Crippen LogP contribution in [-0.4, -0.2) is 77.0 Å². The van der Waals surface area contributed by atoms with Gasteiger partial charge in [-0.25, -0.2) is 0 Å². The van der Waals surface area contributed by atoms with Crippen molar-refractivity contribution in [2.75, 3.05) is 20.2 Å². The summed E-state index contributed by atoms with van der Waals surface area (Å²) in [4.78, 5) is 44.0. The Hall–Kier alpha value is -2.71. The molecular formula is C31H50N4O4. The Morgan fingerprint density at radius 1 is 1.03 bits per heavy atom. The summed E-state index contributed by atoms with van der Waals surface area (Å²) in [5, 5.41) is 15.8. The van der Waals surface area contributed by atoms with Gasteiger partial charge in [0.1, 0.15) is 6.04 Å². The molecule has 1 heterocycles. The van der Waals surface area contributed by atoms with Crippen LogP contribution in [0, 0.1) is 11.8 Å². The van der Waals surface area contributed by atoms with Crippen LogP contribution < -0.4 is 10.6 Å². The lowest BCUT2D eigenvalue weighted by atomic mass is 9.95. The Morgan fingerprint density at radius 2 is 1.67 bits per heavy atom. The molecule has 2 rings (SSSR count). The van der Waals surface area contributed by atoms with E-state index in [1.165, 1.54) is 0 Å². The molecule has 218 valence electrons. The fraction of sp³-hybridized carbons (Fsp3) is 0.645. The minimum Gasteiger partial charge on any atom is -0.394 e. The topological polar surface area (TPSA) is 102 Å². The van der Waals surface area contributed by atoms with E-state index in [0.717, 1.165) is 31.4 Å². The van der Waals surface area contributed by atoms with E-state index >= 15 is 0 Å². The second-order valence-electron chi connectivity index (χ2n) is 11.7. The van der Waals surface area contributed by atoms with Crippen molar-refractivity contribution in [3.63, 3.8) is 0 Å².